The maximum absolute atomic E-state index is 11.5. The van der Waals surface area contributed by atoms with Gasteiger partial charge in [-0.1, -0.05) is 62.4 Å². The van der Waals surface area contributed by atoms with Crippen LogP contribution in [-0.2, 0) is 4.79 Å². The lowest BCUT2D eigenvalue weighted by Gasteiger charge is -2.03. The minimum atomic E-state index is -0.0546. The van der Waals surface area contributed by atoms with Crippen LogP contribution in [0.2, 0.25) is 0 Å². The van der Waals surface area contributed by atoms with Gasteiger partial charge in [0, 0.05) is 12.6 Å². The number of hydrogen-bond donors (Lipinski definition) is 1. The highest BCUT2D eigenvalue weighted by atomic mass is 16.7. The zero-order valence-electron chi connectivity index (χ0n) is 15.5. The van der Waals surface area contributed by atoms with Crippen molar-refractivity contribution in [3.05, 3.63) is 66.3 Å². The third-order valence-corrected chi connectivity index (χ3v) is 3.61. The second kappa shape index (κ2) is 11.0. The Morgan fingerprint density at radius 2 is 1.85 bits per heavy atom. The Balaban J connectivity index is 1.61. The maximum atomic E-state index is 11.5. The number of benzene rings is 1. The molecule has 0 atom stereocenters. The normalized spacial score (nSPS) is 13.8. The number of carbonyl (C=O) groups excluding carboxylic acids is 1. The molecule has 0 aromatic heterocycles. The molecule has 4 heteroatoms. The molecule has 0 aliphatic carbocycles. The van der Waals surface area contributed by atoms with Gasteiger partial charge in [-0.05, 0) is 36.5 Å². The van der Waals surface area contributed by atoms with E-state index in [0.717, 1.165) is 29.9 Å². The molecule has 138 valence electrons. The number of unbranched alkanes of at least 4 members (excludes halogenated alkanes) is 1. The molecule has 1 amide bonds. The Morgan fingerprint density at radius 3 is 2.69 bits per heavy atom. The van der Waals surface area contributed by atoms with E-state index >= 15 is 0 Å². The molecule has 0 bridgehead atoms. The summed E-state index contributed by atoms with van der Waals surface area (Å²) in [4.78, 5) is 11.5. The average molecular weight is 353 g/mol. The van der Waals surface area contributed by atoms with Crippen LogP contribution in [0, 0.1) is 5.92 Å². The third-order valence-electron chi connectivity index (χ3n) is 3.61. The van der Waals surface area contributed by atoms with Gasteiger partial charge in [-0.2, -0.15) is 0 Å². The first-order chi connectivity index (χ1) is 12.6. The van der Waals surface area contributed by atoms with Gasteiger partial charge in [0.05, 0.1) is 0 Å². The summed E-state index contributed by atoms with van der Waals surface area (Å²) in [5, 5.41) is 2.83. The molecule has 1 aromatic rings. The number of fused-ring (bicyclic) bond motifs is 1. The maximum Gasteiger partial charge on any atom is 0.243 e. The lowest BCUT2D eigenvalue weighted by molar-refractivity contribution is -0.116. The van der Waals surface area contributed by atoms with E-state index in [1.165, 1.54) is 0 Å². The minimum absolute atomic E-state index is 0.0546. The highest BCUT2D eigenvalue weighted by molar-refractivity contribution is 5.87. The van der Waals surface area contributed by atoms with Gasteiger partial charge in [-0.25, -0.2) is 0 Å². The number of hydrogen-bond acceptors (Lipinski definition) is 3. The van der Waals surface area contributed by atoms with E-state index in [9.17, 15) is 4.79 Å². The second-order valence-corrected chi connectivity index (χ2v) is 6.40. The topological polar surface area (TPSA) is 47.6 Å². The first kappa shape index (κ1) is 19.6. The summed E-state index contributed by atoms with van der Waals surface area (Å²) in [6.07, 6.45) is 17.3. The van der Waals surface area contributed by atoms with E-state index in [1.807, 2.05) is 36.4 Å². The number of nitrogens with one attached hydrogen (secondary N) is 1. The van der Waals surface area contributed by atoms with Crippen LogP contribution in [0.1, 0.15) is 32.3 Å². The van der Waals surface area contributed by atoms with Gasteiger partial charge >= 0.3 is 0 Å². The van der Waals surface area contributed by atoms with Crippen molar-refractivity contribution in [2.24, 2.45) is 5.92 Å². The zero-order chi connectivity index (χ0) is 18.6. The Bertz CT molecular complexity index is 699. The predicted molar refractivity (Wildman–Crippen MR) is 106 cm³/mol. The molecule has 0 unspecified atom stereocenters. The Kier molecular flexibility index (Phi) is 8.27. The fourth-order valence-corrected chi connectivity index (χ4v) is 2.24. The van der Waals surface area contributed by atoms with Crippen LogP contribution >= 0.6 is 0 Å². The highest BCUT2D eigenvalue weighted by Gasteiger charge is 2.11. The minimum Gasteiger partial charge on any atom is -0.454 e. The van der Waals surface area contributed by atoms with Crippen molar-refractivity contribution in [1.29, 1.82) is 0 Å². The monoisotopic (exact) mass is 353 g/mol. The number of ether oxygens (including phenoxy) is 2. The molecular weight excluding hydrogens is 326 g/mol. The smallest absolute Gasteiger partial charge is 0.243 e. The fourth-order valence-electron chi connectivity index (χ4n) is 2.24. The molecule has 26 heavy (non-hydrogen) atoms. The van der Waals surface area contributed by atoms with Gasteiger partial charge in [0.15, 0.2) is 11.5 Å². The Morgan fingerprint density at radius 1 is 1.08 bits per heavy atom. The van der Waals surface area contributed by atoms with E-state index in [-0.39, 0.29) is 5.91 Å². The van der Waals surface area contributed by atoms with Crippen molar-refractivity contribution in [1.82, 2.24) is 5.32 Å². The van der Waals surface area contributed by atoms with Crippen LogP contribution in [-0.4, -0.2) is 19.2 Å². The first-order valence-corrected chi connectivity index (χ1v) is 8.99. The van der Waals surface area contributed by atoms with E-state index in [0.29, 0.717) is 19.3 Å². The second-order valence-electron chi connectivity index (χ2n) is 6.40. The molecule has 1 aliphatic heterocycles. The van der Waals surface area contributed by atoms with E-state index in [4.69, 9.17) is 9.47 Å². The zero-order valence-corrected chi connectivity index (χ0v) is 15.5. The Hall–Kier alpha value is -2.75. The SMILES string of the molecule is CC(C)CNC(=O)/C=C/C=C/C=C/CCC=Cc1ccc2c(c1)OCO2. The molecule has 1 aliphatic rings. The van der Waals surface area contributed by atoms with Gasteiger partial charge in [-0.15, -0.1) is 0 Å². The van der Waals surface area contributed by atoms with Gasteiger partial charge in [0.1, 0.15) is 0 Å². The molecule has 1 heterocycles. The lowest BCUT2D eigenvalue weighted by Crippen LogP contribution is -2.25. The van der Waals surface area contributed by atoms with E-state index in [2.05, 4.69) is 37.4 Å². The largest absolute Gasteiger partial charge is 0.454 e. The predicted octanol–water partition coefficient (Wildman–Crippen LogP) is 4.65. The van der Waals surface area contributed by atoms with Crippen LogP contribution in [0.3, 0.4) is 0 Å². The number of rotatable bonds is 9. The van der Waals surface area contributed by atoms with E-state index < -0.39 is 0 Å². The number of carbonyl (C=O) groups is 1. The fraction of sp³-hybridized carbons (Fsp3) is 0.318. The third kappa shape index (κ3) is 7.43. The van der Waals surface area contributed by atoms with Crippen LogP contribution in [0.5, 0.6) is 11.5 Å². The summed E-state index contributed by atoms with van der Waals surface area (Å²) in [6.45, 7) is 5.14. The molecule has 0 fully saturated rings. The summed E-state index contributed by atoms with van der Waals surface area (Å²) >= 11 is 0. The highest BCUT2D eigenvalue weighted by Crippen LogP contribution is 2.32. The van der Waals surface area contributed by atoms with Crippen molar-refractivity contribution >= 4 is 12.0 Å². The molecule has 0 radical (unpaired) electrons. The summed E-state index contributed by atoms with van der Waals surface area (Å²) in [7, 11) is 0. The first-order valence-electron chi connectivity index (χ1n) is 8.99. The van der Waals surface area contributed by atoms with Crippen molar-refractivity contribution in [3.63, 3.8) is 0 Å². The molecule has 2 rings (SSSR count). The van der Waals surface area contributed by atoms with Crippen molar-refractivity contribution in [2.75, 3.05) is 13.3 Å². The van der Waals surface area contributed by atoms with Crippen LogP contribution in [0.25, 0.3) is 6.08 Å². The molecular formula is C22H27NO3. The van der Waals surface area contributed by atoms with Crippen LogP contribution in [0.15, 0.2) is 60.7 Å². The van der Waals surface area contributed by atoms with Gasteiger partial charge in [0.25, 0.3) is 0 Å². The molecule has 1 aromatic carbocycles. The van der Waals surface area contributed by atoms with Crippen molar-refractivity contribution in [2.45, 2.75) is 26.7 Å². The van der Waals surface area contributed by atoms with Crippen LogP contribution in [0.4, 0.5) is 0 Å². The molecule has 0 saturated heterocycles. The van der Waals surface area contributed by atoms with Crippen molar-refractivity contribution in [3.8, 4) is 11.5 Å². The summed E-state index contributed by atoms with van der Waals surface area (Å²) < 4.78 is 10.7. The summed E-state index contributed by atoms with van der Waals surface area (Å²) in [5.74, 6) is 2.03. The number of amides is 1. The van der Waals surface area contributed by atoms with Gasteiger partial charge in [0.2, 0.25) is 12.7 Å². The molecule has 1 N–H and O–H groups in total. The van der Waals surface area contributed by atoms with Crippen LogP contribution < -0.4 is 14.8 Å². The van der Waals surface area contributed by atoms with Gasteiger partial charge in [-0.3, -0.25) is 4.79 Å². The quantitative estimate of drug-likeness (QED) is 0.399. The summed E-state index contributed by atoms with van der Waals surface area (Å²) in [5.41, 5.74) is 1.11. The molecule has 0 spiro atoms. The molecule has 0 saturated carbocycles. The lowest BCUT2D eigenvalue weighted by atomic mass is 10.1. The molecule has 4 nitrogen and oxygen atoms in total. The standard InChI is InChI=1S/C22H27NO3/c1-18(2)16-23-22(24)12-10-8-6-4-3-5-7-9-11-19-13-14-20-21(15-19)26-17-25-20/h3-4,6,8-15,18H,5,7,16-17H2,1-2H3,(H,23,24)/b4-3+,8-6+,11-9?,12-10+. The van der Waals surface area contributed by atoms with E-state index in [1.54, 1.807) is 12.2 Å². The average Bonchev–Trinajstić information content (AvgIpc) is 3.09. The summed E-state index contributed by atoms with van der Waals surface area (Å²) in [6, 6.07) is 5.94. The Labute approximate surface area is 155 Å². The number of allylic oxidation sites excluding steroid dienone is 6. The van der Waals surface area contributed by atoms with Crippen molar-refractivity contribution < 1.29 is 14.3 Å². The van der Waals surface area contributed by atoms with Gasteiger partial charge < -0.3 is 14.8 Å².